The van der Waals surface area contributed by atoms with Crippen LogP contribution < -0.4 is 41.3 Å². The molecule has 2 aliphatic heterocycles. The van der Waals surface area contributed by atoms with Gasteiger partial charge in [-0.3, -0.25) is 9.59 Å². The Labute approximate surface area is 327 Å². The van der Waals surface area contributed by atoms with Crippen LogP contribution in [0.5, 0.6) is 23.0 Å². The van der Waals surface area contributed by atoms with E-state index in [0.717, 1.165) is 0 Å². The van der Waals surface area contributed by atoms with Gasteiger partial charge < -0.3 is 46.7 Å². The first-order chi connectivity index (χ1) is 25.6. The quantitative estimate of drug-likeness (QED) is 0.237. The van der Waals surface area contributed by atoms with Gasteiger partial charge in [0.15, 0.2) is 0 Å². The number of nitrogens with zero attached hydrogens (tertiary/aromatic N) is 4. The first kappa shape index (κ1) is 41.8. The van der Waals surface area contributed by atoms with Gasteiger partial charge in [0.2, 0.25) is 0 Å². The van der Waals surface area contributed by atoms with E-state index in [-0.39, 0.29) is 27.5 Å². The van der Waals surface area contributed by atoms with Crippen molar-refractivity contribution in [1.29, 1.82) is 0 Å². The Kier molecular flexibility index (Phi) is 11.6. The van der Waals surface area contributed by atoms with Crippen molar-refractivity contribution in [2.75, 3.05) is 28.4 Å². The van der Waals surface area contributed by atoms with Gasteiger partial charge in [-0.1, -0.05) is 11.6 Å². The van der Waals surface area contributed by atoms with Crippen LogP contribution in [0.2, 0.25) is 5.02 Å². The summed E-state index contributed by atoms with van der Waals surface area (Å²) in [5.41, 5.74) is -0.0956. The molecule has 0 radical (unpaired) electrons. The maximum absolute atomic E-state index is 12.8. The molecule has 0 unspecified atom stereocenters. The van der Waals surface area contributed by atoms with E-state index in [1.807, 2.05) is 55.4 Å². The van der Waals surface area contributed by atoms with E-state index in [9.17, 15) is 9.59 Å². The van der Waals surface area contributed by atoms with Crippen molar-refractivity contribution in [2.45, 2.75) is 77.8 Å². The average Bonchev–Trinajstić information content (AvgIpc) is 3.49. The lowest BCUT2D eigenvalue weighted by Crippen LogP contribution is -2.41. The Morgan fingerprint density at radius 3 is 1.36 bits per heavy atom. The third kappa shape index (κ3) is 8.15. The monoisotopic (exact) mass is 778 g/mol. The van der Waals surface area contributed by atoms with Gasteiger partial charge in [0.1, 0.15) is 34.4 Å². The lowest BCUT2D eigenvalue weighted by Gasteiger charge is -2.32. The number of aromatic nitrogens is 4. The Morgan fingerprint density at radius 2 is 0.964 bits per heavy atom. The smallest absolute Gasteiger partial charge is 0.497 e. The summed E-state index contributed by atoms with van der Waals surface area (Å²) in [6.45, 7) is 15.7. The molecule has 2 fully saturated rings. The molecular weight excluding hydrogens is 730 g/mol. The maximum Gasteiger partial charge on any atom is 0.516 e. The van der Waals surface area contributed by atoms with E-state index >= 15 is 0 Å². The second kappa shape index (κ2) is 15.3. The van der Waals surface area contributed by atoms with E-state index in [0.29, 0.717) is 45.3 Å². The van der Waals surface area contributed by atoms with Crippen LogP contribution in [0, 0.1) is 0 Å². The van der Waals surface area contributed by atoms with Gasteiger partial charge in [-0.05, 0) is 73.6 Å². The molecule has 0 saturated carbocycles. The standard InChI is InChI=1S/C19H24BClN2O5.C19H25BN2O5/c1-18(2)19(3,4)28-20(27-18)14-10-23(5)17(24)16(22-14)12-8-11(25-6)9-13(26-7)15(12)21;1-18(2)19(3,4)27-20(26-18)15-11-22(5)17(23)16(21-15)12-8-13(24-6)10-14(9-12)25-7/h8-10H,1-7H3;8-11H,1-7H3. The largest absolute Gasteiger partial charge is 0.516 e. The van der Waals surface area contributed by atoms with Gasteiger partial charge in [-0.2, -0.15) is 0 Å². The van der Waals surface area contributed by atoms with Crippen LogP contribution in [0.15, 0.2) is 52.3 Å². The molecule has 2 aromatic carbocycles. The van der Waals surface area contributed by atoms with Gasteiger partial charge in [-0.15, -0.1) is 0 Å². The fourth-order valence-electron chi connectivity index (χ4n) is 5.73. The maximum atomic E-state index is 12.8. The molecule has 6 rings (SSSR count). The molecule has 4 heterocycles. The second-order valence-electron chi connectivity index (χ2n) is 15.3. The fraction of sp³-hybridized carbons (Fsp3) is 0.474. The van der Waals surface area contributed by atoms with E-state index in [2.05, 4.69) is 9.97 Å². The molecule has 0 spiro atoms. The average molecular weight is 779 g/mol. The molecule has 0 atom stereocenters. The van der Waals surface area contributed by atoms with Gasteiger partial charge >= 0.3 is 14.2 Å². The first-order valence-corrected chi connectivity index (χ1v) is 18.0. The Balaban J connectivity index is 0.000000211. The SMILES string of the molecule is COc1cc(OC)c(Cl)c(-c2nc(B3OC(C)(C)C(C)(C)O3)cn(C)c2=O)c1.COc1cc(OC)cc(-c2nc(B3OC(C)(C)C(C)(C)O3)cn(C)c2=O)c1. The minimum Gasteiger partial charge on any atom is -0.497 e. The van der Waals surface area contributed by atoms with E-state index < -0.39 is 36.6 Å². The van der Waals surface area contributed by atoms with Crippen molar-refractivity contribution >= 4 is 37.0 Å². The van der Waals surface area contributed by atoms with Crippen molar-refractivity contribution in [2.24, 2.45) is 14.1 Å². The lowest BCUT2D eigenvalue weighted by molar-refractivity contribution is 0.00578. The molecule has 2 aromatic heterocycles. The molecule has 4 aromatic rings. The van der Waals surface area contributed by atoms with Crippen molar-refractivity contribution < 1.29 is 37.6 Å². The number of hydrogen-bond acceptors (Lipinski definition) is 12. The highest BCUT2D eigenvalue weighted by atomic mass is 35.5. The Hall–Kier alpha value is -4.34. The topological polar surface area (TPSA) is 144 Å². The zero-order valence-electron chi connectivity index (χ0n) is 33.9. The van der Waals surface area contributed by atoms with Crippen LogP contribution in [0.4, 0.5) is 0 Å². The fourth-order valence-corrected chi connectivity index (χ4v) is 6.01. The Bertz CT molecular complexity index is 2150. The summed E-state index contributed by atoms with van der Waals surface area (Å²) in [7, 11) is 8.10. The van der Waals surface area contributed by atoms with Crippen LogP contribution in [0.25, 0.3) is 22.5 Å². The Morgan fingerprint density at radius 1 is 0.582 bits per heavy atom. The number of methoxy groups -OCH3 is 4. The minimum atomic E-state index is -0.707. The summed E-state index contributed by atoms with van der Waals surface area (Å²) in [6, 6.07) is 8.55. The third-order valence-electron chi connectivity index (χ3n) is 10.5. The molecular formula is C38H49B2ClN4O10. The van der Waals surface area contributed by atoms with Crippen LogP contribution in [-0.2, 0) is 32.7 Å². The molecule has 0 amide bonds. The van der Waals surface area contributed by atoms with Crippen molar-refractivity contribution in [3.8, 4) is 45.5 Å². The lowest BCUT2D eigenvalue weighted by atomic mass is 9.85. The minimum absolute atomic E-state index is 0.164. The molecule has 0 bridgehead atoms. The van der Waals surface area contributed by atoms with Crippen molar-refractivity contribution in [3.05, 3.63) is 68.5 Å². The molecule has 0 N–H and O–H groups in total. The van der Waals surface area contributed by atoms with E-state index in [4.69, 9.17) is 49.2 Å². The highest BCUT2D eigenvalue weighted by molar-refractivity contribution is 6.61. The zero-order chi connectivity index (χ0) is 40.8. The molecule has 294 valence electrons. The van der Waals surface area contributed by atoms with Crippen molar-refractivity contribution in [1.82, 2.24) is 19.1 Å². The molecule has 0 aliphatic carbocycles. The number of rotatable bonds is 8. The highest BCUT2D eigenvalue weighted by Gasteiger charge is 2.53. The van der Waals surface area contributed by atoms with Crippen LogP contribution in [0.1, 0.15) is 55.4 Å². The predicted octanol–water partition coefficient (Wildman–Crippen LogP) is 4.18. The molecule has 14 nitrogen and oxygen atoms in total. The summed E-state index contributed by atoms with van der Waals surface area (Å²) in [4.78, 5) is 34.7. The summed E-state index contributed by atoms with van der Waals surface area (Å²) in [5, 5.41) is 0.277. The number of ether oxygens (including phenoxy) is 4. The van der Waals surface area contributed by atoms with Gasteiger partial charge in [0, 0.05) is 49.7 Å². The summed E-state index contributed by atoms with van der Waals surface area (Å²) in [6.07, 6.45) is 3.25. The number of benzene rings is 2. The summed E-state index contributed by atoms with van der Waals surface area (Å²) in [5.74, 6) is 2.05. The van der Waals surface area contributed by atoms with Crippen molar-refractivity contribution in [3.63, 3.8) is 0 Å². The van der Waals surface area contributed by atoms with Gasteiger partial charge in [0.25, 0.3) is 11.1 Å². The molecule has 2 aliphatic rings. The summed E-state index contributed by atoms with van der Waals surface area (Å²) < 4.78 is 48.4. The highest BCUT2D eigenvalue weighted by Crippen LogP contribution is 2.39. The van der Waals surface area contributed by atoms with Gasteiger partial charge in [0.05, 0.1) is 67.1 Å². The predicted molar refractivity (Wildman–Crippen MR) is 212 cm³/mol. The van der Waals surface area contributed by atoms with Crippen LogP contribution in [0.3, 0.4) is 0 Å². The van der Waals surface area contributed by atoms with Crippen LogP contribution >= 0.6 is 11.6 Å². The summed E-state index contributed by atoms with van der Waals surface area (Å²) >= 11 is 6.47. The third-order valence-corrected chi connectivity index (χ3v) is 10.9. The van der Waals surface area contributed by atoms with Gasteiger partial charge in [-0.25, -0.2) is 9.97 Å². The number of halogens is 1. The molecule has 2 saturated heterocycles. The van der Waals surface area contributed by atoms with Crippen LogP contribution in [-0.4, -0.2) is 84.2 Å². The zero-order valence-corrected chi connectivity index (χ0v) is 34.7. The molecule has 55 heavy (non-hydrogen) atoms. The second-order valence-corrected chi connectivity index (χ2v) is 15.7. The first-order valence-electron chi connectivity index (χ1n) is 17.6. The number of aryl methyl sites for hydroxylation is 2. The van der Waals surface area contributed by atoms with E-state index in [1.54, 1.807) is 71.0 Å². The van der Waals surface area contributed by atoms with E-state index in [1.165, 1.54) is 23.4 Å². The number of hydrogen-bond donors (Lipinski definition) is 0. The normalized spacial score (nSPS) is 17.7. The molecule has 17 heteroatoms.